The van der Waals surface area contributed by atoms with Crippen molar-refractivity contribution >= 4 is 37.8 Å². The van der Waals surface area contributed by atoms with E-state index in [1.54, 1.807) is 33.3 Å². The second kappa shape index (κ2) is 11.8. The summed E-state index contributed by atoms with van der Waals surface area (Å²) in [5.41, 5.74) is 0.813. The Balaban J connectivity index is 1.91. The summed E-state index contributed by atoms with van der Waals surface area (Å²) in [7, 11) is 0.302. The zero-order chi connectivity index (χ0) is 28.3. The van der Waals surface area contributed by atoms with Crippen LogP contribution in [-0.2, 0) is 25.6 Å². The summed E-state index contributed by atoms with van der Waals surface area (Å²) in [6, 6.07) is 5.87. The molecule has 2 aromatic rings. The maximum Gasteiger partial charge on any atom is 0.305 e. The third kappa shape index (κ3) is 5.98. The number of methoxy groups -OCH3 is 2. The van der Waals surface area contributed by atoms with Crippen molar-refractivity contribution in [3.8, 4) is 11.5 Å². The average molecular weight is 562 g/mol. The molecule has 0 bridgehead atoms. The van der Waals surface area contributed by atoms with E-state index in [4.69, 9.17) is 19.2 Å². The number of carbonyl (C=O) groups is 2. The number of ketones is 1. The zero-order valence-electron chi connectivity index (χ0n) is 23.1. The molecule has 0 amide bonds. The zero-order valence-corrected chi connectivity index (χ0v) is 23.9. The standard InChI is InChI=1S/C28H36FN3O6S/c1-6-38-24(33)12-11-22-26(39(4,5)35)25(34)20-16-21(29)28(31-13-7-8-14-31)30-27(20)32(22)17-18-9-10-19(36-2)15-23(18)37-3/h9-10,15-16,22H,6-8,11-14,17H2,1-5H3. The second-order valence-electron chi connectivity index (χ2n) is 9.95. The predicted octanol–water partition coefficient (Wildman–Crippen LogP) is 3.47. The van der Waals surface area contributed by atoms with Crippen LogP contribution in [0, 0.1) is 5.82 Å². The van der Waals surface area contributed by atoms with Crippen molar-refractivity contribution in [2.24, 2.45) is 0 Å². The molecular formula is C28H36FN3O6S. The van der Waals surface area contributed by atoms with Gasteiger partial charge in [-0.25, -0.2) is 9.37 Å². The molecule has 0 aliphatic carbocycles. The lowest BCUT2D eigenvalue weighted by atomic mass is 9.93. The minimum absolute atomic E-state index is 0.0105. The van der Waals surface area contributed by atoms with Gasteiger partial charge in [0.15, 0.2) is 11.6 Å². The molecule has 1 fully saturated rings. The second-order valence-corrected chi connectivity index (χ2v) is 12.9. The van der Waals surface area contributed by atoms with E-state index < -0.39 is 33.1 Å². The van der Waals surface area contributed by atoms with Crippen molar-refractivity contribution in [1.29, 1.82) is 0 Å². The van der Waals surface area contributed by atoms with E-state index in [2.05, 4.69) is 0 Å². The van der Waals surface area contributed by atoms with Gasteiger partial charge in [-0.1, -0.05) is 0 Å². The van der Waals surface area contributed by atoms with Gasteiger partial charge in [-0.2, -0.15) is 0 Å². The van der Waals surface area contributed by atoms with Gasteiger partial charge in [0.25, 0.3) is 0 Å². The number of hydrogen-bond donors (Lipinski definition) is 0. The minimum Gasteiger partial charge on any atom is -0.497 e. The molecule has 0 saturated carbocycles. The van der Waals surface area contributed by atoms with E-state index in [1.807, 2.05) is 15.9 Å². The number of pyridine rings is 1. The van der Waals surface area contributed by atoms with Crippen LogP contribution in [0.2, 0.25) is 0 Å². The van der Waals surface area contributed by atoms with Crippen LogP contribution in [0.3, 0.4) is 0 Å². The number of Topliss-reactive ketones (excluding diaryl/α,β-unsaturated/α-hetero) is 1. The van der Waals surface area contributed by atoms with Crippen LogP contribution in [0.5, 0.6) is 11.5 Å². The SMILES string of the molecule is CCOC(=O)CCC1C(=S(C)(C)=O)C(=O)c2cc(F)c(N3CCCC3)nc2N1Cc1ccc(OC)cc1OC. The Bertz CT molecular complexity index is 1370. The largest absolute Gasteiger partial charge is 0.497 e. The summed E-state index contributed by atoms with van der Waals surface area (Å²) in [6.07, 6.45) is 5.04. The highest BCUT2D eigenvalue weighted by molar-refractivity contribution is 8.02. The molecule has 1 aromatic carbocycles. The van der Waals surface area contributed by atoms with Gasteiger partial charge >= 0.3 is 5.97 Å². The van der Waals surface area contributed by atoms with Gasteiger partial charge in [0.1, 0.15) is 17.3 Å². The van der Waals surface area contributed by atoms with Gasteiger partial charge in [-0.15, -0.1) is 0 Å². The van der Waals surface area contributed by atoms with Gasteiger partial charge < -0.3 is 24.0 Å². The van der Waals surface area contributed by atoms with Crippen LogP contribution in [0.4, 0.5) is 16.0 Å². The molecule has 39 heavy (non-hydrogen) atoms. The lowest BCUT2D eigenvalue weighted by Gasteiger charge is -2.40. The number of ether oxygens (including phenoxy) is 3. The molecule has 11 heteroatoms. The number of aromatic nitrogens is 1. The van der Waals surface area contributed by atoms with Gasteiger partial charge in [0.2, 0.25) is 5.78 Å². The predicted molar refractivity (Wildman–Crippen MR) is 150 cm³/mol. The number of anilines is 2. The molecule has 4 rings (SSSR count). The molecule has 9 nitrogen and oxygen atoms in total. The van der Waals surface area contributed by atoms with Crippen LogP contribution in [0.15, 0.2) is 24.3 Å². The first-order valence-corrected chi connectivity index (χ1v) is 15.4. The van der Waals surface area contributed by atoms with Crippen molar-refractivity contribution in [3.05, 3.63) is 41.2 Å². The molecule has 1 atom stereocenters. The normalized spacial score (nSPS) is 17.3. The Kier molecular flexibility index (Phi) is 8.68. The van der Waals surface area contributed by atoms with Gasteiger partial charge in [0.05, 0.1) is 37.3 Å². The van der Waals surface area contributed by atoms with E-state index in [1.165, 1.54) is 18.6 Å². The van der Waals surface area contributed by atoms with Crippen LogP contribution >= 0.6 is 0 Å². The van der Waals surface area contributed by atoms with E-state index >= 15 is 4.39 Å². The number of rotatable bonds is 9. The monoisotopic (exact) mass is 561 g/mol. The summed E-state index contributed by atoms with van der Waals surface area (Å²) >= 11 is 0. The van der Waals surface area contributed by atoms with E-state index in [-0.39, 0.29) is 42.2 Å². The molecule has 0 radical (unpaired) electrons. The fraction of sp³-hybridized carbons (Fsp3) is 0.500. The number of benzene rings is 1. The first-order chi connectivity index (χ1) is 18.6. The molecule has 2 aliphatic heterocycles. The molecule has 1 unspecified atom stereocenters. The van der Waals surface area contributed by atoms with Crippen molar-refractivity contribution in [3.63, 3.8) is 0 Å². The molecule has 3 heterocycles. The van der Waals surface area contributed by atoms with Crippen LogP contribution in [0.25, 0.3) is 0 Å². The smallest absolute Gasteiger partial charge is 0.305 e. The highest BCUT2D eigenvalue weighted by Gasteiger charge is 2.41. The lowest BCUT2D eigenvalue weighted by molar-refractivity contribution is -0.143. The quantitative estimate of drug-likeness (QED) is 0.337. The molecule has 1 aromatic heterocycles. The molecule has 1 saturated heterocycles. The number of fused-ring (bicyclic) bond motifs is 1. The summed E-state index contributed by atoms with van der Waals surface area (Å²) < 4.78 is 45.0. The lowest BCUT2D eigenvalue weighted by Crippen LogP contribution is -2.51. The Labute approximate surface area is 229 Å². The van der Waals surface area contributed by atoms with Gasteiger partial charge in [-0.05, 0) is 53.9 Å². The number of nitrogens with zero attached hydrogens (tertiary/aromatic N) is 3. The fourth-order valence-electron chi connectivity index (χ4n) is 5.26. The maximum atomic E-state index is 15.4. The molecule has 212 valence electrons. The topological polar surface area (TPSA) is 98.3 Å². The Hall–Kier alpha value is -3.34. The van der Waals surface area contributed by atoms with E-state index in [0.29, 0.717) is 30.4 Å². The van der Waals surface area contributed by atoms with Crippen molar-refractivity contribution in [2.45, 2.75) is 45.2 Å². The van der Waals surface area contributed by atoms with E-state index in [0.717, 1.165) is 18.4 Å². The minimum atomic E-state index is -2.81. The van der Waals surface area contributed by atoms with Crippen LogP contribution < -0.4 is 19.3 Å². The van der Waals surface area contributed by atoms with Crippen molar-refractivity contribution in [2.75, 3.05) is 56.2 Å². The summed E-state index contributed by atoms with van der Waals surface area (Å²) in [5.74, 6) is 0.127. The molecular weight excluding hydrogens is 525 g/mol. The average Bonchev–Trinajstić information content (AvgIpc) is 3.43. The van der Waals surface area contributed by atoms with Gasteiger partial charge in [0, 0.05) is 50.2 Å². The first-order valence-electron chi connectivity index (χ1n) is 13.0. The first kappa shape index (κ1) is 28.7. The third-order valence-corrected chi connectivity index (χ3v) is 8.57. The number of esters is 1. The van der Waals surface area contributed by atoms with E-state index in [9.17, 15) is 13.8 Å². The van der Waals surface area contributed by atoms with Crippen molar-refractivity contribution in [1.82, 2.24) is 4.98 Å². The molecule has 0 N–H and O–H groups in total. The Morgan fingerprint density at radius 3 is 2.46 bits per heavy atom. The third-order valence-electron chi connectivity index (χ3n) is 7.05. The summed E-state index contributed by atoms with van der Waals surface area (Å²) in [5, 5.41) is 0. The fourth-order valence-corrected chi connectivity index (χ4v) is 6.71. The highest BCUT2D eigenvalue weighted by Crippen LogP contribution is 2.37. The van der Waals surface area contributed by atoms with Crippen LogP contribution in [-0.4, -0.2) is 78.3 Å². The Morgan fingerprint density at radius 1 is 1.13 bits per heavy atom. The number of carbonyl (C=O) groups excluding carboxylic acids is 2. The maximum absolute atomic E-state index is 15.4. The summed E-state index contributed by atoms with van der Waals surface area (Å²) in [6.45, 7) is 3.50. The molecule has 0 spiro atoms. The Morgan fingerprint density at radius 2 is 1.85 bits per heavy atom. The number of halogens is 1. The summed E-state index contributed by atoms with van der Waals surface area (Å²) in [4.78, 5) is 34.8. The van der Waals surface area contributed by atoms with Crippen molar-refractivity contribution < 1.29 is 32.4 Å². The van der Waals surface area contributed by atoms with Crippen LogP contribution in [0.1, 0.15) is 48.5 Å². The highest BCUT2D eigenvalue weighted by atomic mass is 32.2. The molecule has 2 aliphatic rings. The van der Waals surface area contributed by atoms with Gasteiger partial charge in [-0.3, -0.25) is 13.8 Å². The number of hydrogen-bond acceptors (Lipinski definition) is 9.